The zero-order chi connectivity index (χ0) is 22.5. The number of carbonyl (C=O) groups excluding carboxylic acids is 1. The van der Waals surface area contributed by atoms with E-state index in [0.717, 1.165) is 5.56 Å². The molecule has 0 fully saturated rings. The van der Waals surface area contributed by atoms with Gasteiger partial charge in [0, 0.05) is 30.0 Å². The van der Waals surface area contributed by atoms with Gasteiger partial charge in [-0.1, -0.05) is 0 Å². The maximum absolute atomic E-state index is 13.0. The highest BCUT2D eigenvalue weighted by atomic mass is 16.5. The number of carbonyl (C=O) groups is 1. The fourth-order valence-corrected chi connectivity index (χ4v) is 3.27. The third kappa shape index (κ3) is 4.13. The first kappa shape index (κ1) is 21.0. The average molecular weight is 434 g/mol. The number of aromatic amines is 1. The van der Waals surface area contributed by atoms with E-state index in [1.54, 1.807) is 50.0 Å². The fraction of sp³-hybridized carbons (Fsp3) is 0.174. The molecule has 0 aliphatic heterocycles. The highest BCUT2D eigenvalue weighted by Crippen LogP contribution is 2.41. The van der Waals surface area contributed by atoms with E-state index in [1.165, 1.54) is 14.2 Å². The Hall–Kier alpha value is -4.27. The van der Waals surface area contributed by atoms with Crippen LogP contribution in [0.15, 0.2) is 55.0 Å². The van der Waals surface area contributed by atoms with Gasteiger partial charge in [0.1, 0.15) is 18.1 Å². The van der Waals surface area contributed by atoms with Crippen LogP contribution in [-0.2, 0) is 6.61 Å². The third-order valence-electron chi connectivity index (χ3n) is 4.83. The summed E-state index contributed by atoms with van der Waals surface area (Å²) in [6.07, 6.45) is 4.97. The maximum atomic E-state index is 13.0. The van der Waals surface area contributed by atoms with Crippen LogP contribution in [0.5, 0.6) is 23.0 Å². The average Bonchev–Trinajstić information content (AvgIpc) is 3.28. The molecule has 9 nitrogen and oxygen atoms in total. The number of rotatable bonds is 8. The largest absolute Gasteiger partial charge is 0.496 e. The summed E-state index contributed by atoms with van der Waals surface area (Å²) >= 11 is 0. The Bertz CT molecular complexity index is 1240. The molecule has 3 heterocycles. The van der Waals surface area contributed by atoms with Gasteiger partial charge in [0.15, 0.2) is 23.1 Å². The lowest BCUT2D eigenvalue weighted by Gasteiger charge is -2.11. The molecule has 0 spiro atoms. The fourth-order valence-electron chi connectivity index (χ4n) is 3.27. The van der Waals surface area contributed by atoms with Crippen molar-refractivity contribution in [2.24, 2.45) is 0 Å². The Morgan fingerprint density at radius 3 is 2.47 bits per heavy atom. The lowest BCUT2D eigenvalue weighted by atomic mass is 10.2. The van der Waals surface area contributed by atoms with E-state index >= 15 is 0 Å². The van der Waals surface area contributed by atoms with Gasteiger partial charge in [-0.05, 0) is 35.9 Å². The van der Waals surface area contributed by atoms with Crippen molar-refractivity contribution in [1.82, 2.24) is 15.0 Å². The van der Waals surface area contributed by atoms with Crippen molar-refractivity contribution >= 4 is 22.6 Å². The van der Waals surface area contributed by atoms with Crippen molar-refractivity contribution in [3.8, 4) is 23.0 Å². The van der Waals surface area contributed by atoms with Crippen molar-refractivity contribution in [1.29, 1.82) is 0 Å². The van der Waals surface area contributed by atoms with E-state index in [0.29, 0.717) is 52.0 Å². The highest BCUT2D eigenvalue weighted by molar-refractivity contribution is 6.08. The van der Waals surface area contributed by atoms with Crippen LogP contribution in [0, 0.1) is 0 Å². The molecule has 0 unspecified atom stereocenters. The summed E-state index contributed by atoms with van der Waals surface area (Å²) < 4.78 is 22.1. The number of benzene rings is 1. The van der Waals surface area contributed by atoms with E-state index in [9.17, 15) is 4.79 Å². The molecule has 1 aromatic carbocycles. The molecule has 32 heavy (non-hydrogen) atoms. The first-order valence-corrected chi connectivity index (χ1v) is 9.74. The van der Waals surface area contributed by atoms with Crippen LogP contribution in [0.4, 0.5) is 5.82 Å². The van der Waals surface area contributed by atoms with Crippen molar-refractivity contribution < 1.29 is 23.7 Å². The van der Waals surface area contributed by atoms with Crippen molar-refractivity contribution in [2.45, 2.75) is 6.61 Å². The molecule has 0 aliphatic rings. The van der Waals surface area contributed by atoms with Gasteiger partial charge >= 0.3 is 0 Å². The van der Waals surface area contributed by atoms with Crippen molar-refractivity contribution in [3.05, 3.63) is 66.2 Å². The number of hydrogen-bond donors (Lipinski definition) is 2. The molecule has 0 atom stereocenters. The molecular formula is C23H22N4O5. The van der Waals surface area contributed by atoms with Crippen LogP contribution in [0.2, 0.25) is 0 Å². The van der Waals surface area contributed by atoms with Gasteiger partial charge in [-0.2, -0.15) is 0 Å². The Morgan fingerprint density at radius 2 is 1.75 bits per heavy atom. The molecule has 4 rings (SSSR count). The second kappa shape index (κ2) is 9.25. The molecule has 0 bridgehead atoms. The summed E-state index contributed by atoms with van der Waals surface area (Å²) in [5, 5.41) is 3.48. The van der Waals surface area contributed by atoms with Crippen LogP contribution >= 0.6 is 0 Å². The SMILES string of the molecule is COc1cc(OC)c2cc(C(=O)Nc3ncccc3OCc3ccncc3)[nH]c2c1OC. The number of methoxy groups -OCH3 is 3. The summed E-state index contributed by atoms with van der Waals surface area (Å²) in [4.78, 5) is 24.3. The molecule has 0 radical (unpaired) electrons. The first-order valence-electron chi connectivity index (χ1n) is 9.74. The van der Waals surface area contributed by atoms with E-state index in [-0.39, 0.29) is 0 Å². The number of nitrogens with zero attached hydrogens (tertiary/aromatic N) is 2. The van der Waals surface area contributed by atoms with Crippen molar-refractivity contribution in [2.75, 3.05) is 26.6 Å². The number of amides is 1. The van der Waals surface area contributed by atoms with Gasteiger partial charge < -0.3 is 29.2 Å². The molecule has 164 valence electrons. The number of hydrogen-bond acceptors (Lipinski definition) is 7. The number of ether oxygens (including phenoxy) is 4. The van der Waals surface area contributed by atoms with Gasteiger partial charge in [-0.25, -0.2) is 4.98 Å². The normalized spacial score (nSPS) is 10.6. The lowest BCUT2D eigenvalue weighted by molar-refractivity contribution is 0.102. The number of fused-ring (bicyclic) bond motifs is 1. The smallest absolute Gasteiger partial charge is 0.273 e. The monoisotopic (exact) mass is 434 g/mol. The summed E-state index contributed by atoms with van der Waals surface area (Å²) in [5.41, 5.74) is 1.84. The molecule has 4 aromatic rings. The lowest BCUT2D eigenvalue weighted by Crippen LogP contribution is -2.14. The predicted molar refractivity (Wildman–Crippen MR) is 119 cm³/mol. The number of aromatic nitrogens is 3. The summed E-state index contributed by atoms with van der Waals surface area (Å²) in [6, 6.07) is 10.6. The van der Waals surface area contributed by atoms with E-state index in [1.807, 2.05) is 12.1 Å². The Labute approximate surface area is 184 Å². The molecule has 9 heteroatoms. The van der Waals surface area contributed by atoms with Gasteiger partial charge in [-0.3, -0.25) is 9.78 Å². The summed E-state index contributed by atoms with van der Waals surface area (Å²) in [6.45, 7) is 0.317. The van der Waals surface area contributed by atoms with E-state index in [4.69, 9.17) is 18.9 Å². The number of H-pyrrole nitrogens is 1. The molecular weight excluding hydrogens is 412 g/mol. The Balaban J connectivity index is 1.61. The molecule has 1 amide bonds. The van der Waals surface area contributed by atoms with Gasteiger partial charge in [0.05, 0.1) is 26.8 Å². The third-order valence-corrected chi connectivity index (χ3v) is 4.83. The summed E-state index contributed by atoms with van der Waals surface area (Å²) in [5.74, 6) is 1.87. The molecule has 3 aromatic heterocycles. The van der Waals surface area contributed by atoms with Gasteiger partial charge in [0.25, 0.3) is 5.91 Å². The number of nitrogens with one attached hydrogen (secondary N) is 2. The minimum absolute atomic E-state index is 0.301. The van der Waals surface area contributed by atoms with Crippen LogP contribution in [0.1, 0.15) is 16.1 Å². The Kier molecular flexibility index (Phi) is 6.07. The molecule has 2 N–H and O–H groups in total. The zero-order valence-electron chi connectivity index (χ0n) is 17.8. The minimum Gasteiger partial charge on any atom is -0.496 e. The van der Waals surface area contributed by atoms with Gasteiger partial charge in [-0.15, -0.1) is 0 Å². The minimum atomic E-state index is -0.392. The molecule has 0 saturated carbocycles. The zero-order valence-corrected chi connectivity index (χ0v) is 17.8. The second-order valence-electron chi connectivity index (χ2n) is 6.73. The highest BCUT2D eigenvalue weighted by Gasteiger charge is 2.20. The topological polar surface area (TPSA) is 108 Å². The summed E-state index contributed by atoms with van der Waals surface area (Å²) in [7, 11) is 4.62. The second-order valence-corrected chi connectivity index (χ2v) is 6.73. The first-order chi connectivity index (χ1) is 15.6. The number of pyridine rings is 2. The van der Waals surface area contributed by atoms with Crippen LogP contribution in [0.25, 0.3) is 10.9 Å². The predicted octanol–water partition coefficient (Wildman–Crippen LogP) is 3.82. The Morgan fingerprint density at radius 1 is 0.969 bits per heavy atom. The standard InChI is InChI=1S/C23H22N4O5/c1-29-18-12-19(30-2)21(31-3)20-15(18)11-16(26-20)23(28)27-22-17(5-4-8-25-22)32-13-14-6-9-24-10-7-14/h4-12,26H,13H2,1-3H3,(H,25,27,28). The van der Waals surface area contributed by atoms with Crippen LogP contribution in [-0.4, -0.2) is 42.2 Å². The molecule has 0 saturated heterocycles. The molecule has 0 aliphatic carbocycles. The van der Waals surface area contributed by atoms with Crippen LogP contribution < -0.4 is 24.3 Å². The maximum Gasteiger partial charge on any atom is 0.273 e. The van der Waals surface area contributed by atoms with Crippen molar-refractivity contribution in [3.63, 3.8) is 0 Å². The van der Waals surface area contributed by atoms with Crippen LogP contribution in [0.3, 0.4) is 0 Å². The van der Waals surface area contributed by atoms with Gasteiger partial charge in [0.2, 0.25) is 0 Å². The van der Waals surface area contributed by atoms with E-state index in [2.05, 4.69) is 20.3 Å². The quantitative estimate of drug-likeness (QED) is 0.434. The number of anilines is 1. The van der Waals surface area contributed by atoms with E-state index < -0.39 is 5.91 Å².